The number of hydrogen-bond donors (Lipinski definition) is 1. The van der Waals surface area contributed by atoms with E-state index in [9.17, 15) is 0 Å². The lowest BCUT2D eigenvalue weighted by Gasteiger charge is -1.81. The van der Waals surface area contributed by atoms with Crippen molar-refractivity contribution in [3.8, 4) is 0 Å². The predicted octanol–water partition coefficient (Wildman–Crippen LogP) is -0.812. The van der Waals surface area contributed by atoms with Crippen molar-refractivity contribution in [1.82, 2.24) is 0 Å². The molecule has 0 heterocycles. The average molecular weight is 85.9 g/mol. The molecule has 1 N–H and O–H groups in total. The third-order valence-corrected chi connectivity index (χ3v) is 0.227. The van der Waals surface area contributed by atoms with Crippen molar-refractivity contribution in [1.29, 1.82) is 0 Å². The van der Waals surface area contributed by atoms with Crippen molar-refractivity contribution in [2.45, 2.75) is 0 Å². The zero-order valence-electron chi connectivity index (χ0n) is 3.46. The molecule has 0 rings (SSSR count). The number of aliphatic imine (C=N–C) groups is 1. The van der Waals surface area contributed by atoms with Gasteiger partial charge in [0.1, 0.15) is 0 Å². The molecule has 6 heavy (non-hydrogen) atoms. The van der Waals surface area contributed by atoms with Crippen LogP contribution in [0.1, 0.15) is 0 Å². The molecular weight excluding hydrogens is 80.8 g/mol. The van der Waals surface area contributed by atoms with E-state index >= 15 is 0 Å². The van der Waals surface area contributed by atoms with Crippen LogP contribution >= 0.6 is 0 Å². The third-order valence-electron chi connectivity index (χ3n) is 0.227. The summed E-state index contributed by atoms with van der Waals surface area (Å²) in [5.74, 6) is 0. The summed E-state index contributed by atoms with van der Waals surface area (Å²) in [5.41, 5.74) is 0. The molecule has 0 amide bonds. The van der Waals surface area contributed by atoms with Gasteiger partial charge in [-0.2, -0.15) is 0 Å². The normalized spacial score (nSPS) is 9.00. The van der Waals surface area contributed by atoms with Crippen LogP contribution in [-0.4, -0.2) is 26.2 Å². The van der Waals surface area contributed by atoms with Gasteiger partial charge in [-0.05, 0) is 0 Å². The molecular formula is C2H5BNO2. The van der Waals surface area contributed by atoms with E-state index in [1.807, 2.05) is 0 Å². The Labute approximate surface area is 37.0 Å². The number of nitrogens with zero attached hydrogens (tertiary/aromatic N) is 1. The molecule has 0 saturated heterocycles. The molecule has 0 aromatic rings. The average Bonchev–Trinajstić information content (AvgIpc) is 1.61. The van der Waals surface area contributed by atoms with Crippen molar-refractivity contribution in [2.75, 3.05) is 7.05 Å². The summed E-state index contributed by atoms with van der Waals surface area (Å²) < 4.78 is 4.12. The Balaban J connectivity index is 2.66. The van der Waals surface area contributed by atoms with Gasteiger partial charge in [0, 0.05) is 7.05 Å². The lowest BCUT2D eigenvalue weighted by atomic mass is 10.4. The lowest BCUT2D eigenvalue weighted by Crippen LogP contribution is -1.92. The number of hydrogen-bond acceptors (Lipinski definition) is 3. The smallest absolute Gasteiger partial charge is 0.529 e. The summed E-state index contributed by atoms with van der Waals surface area (Å²) in [6, 6.07) is 0. The zero-order chi connectivity index (χ0) is 4.83. The fraction of sp³-hybridized carbons (Fsp3) is 0.500. The first kappa shape index (κ1) is 5.49. The first-order valence-corrected chi connectivity index (χ1v) is 1.44. The molecule has 0 aromatic heterocycles. The molecule has 33 valence electrons. The van der Waals surface area contributed by atoms with Gasteiger partial charge in [0.2, 0.25) is 0 Å². The van der Waals surface area contributed by atoms with Crippen LogP contribution in [0.4, 0.5) is 0 Å². The Morgan fingerprint density at radius 2 is 2.67 bits per heavy atom. The van der Waals surface area contributed by atoms with Crippen LogP contribution in [0.15, 0.2) is 4.99 Å². The Morgan fingerprint density at radius 3 is 2.83 bits per heavy atom. The Morgan fingerprint density at radius 1 is 2.00 bits per heavy atom. The Kier molecular flexibility index (Phi) is 4.12. The van der Waals surface area contributed by atoms with Crippen LogP contribution in [0.2, 0.25) is 0 Å². The van der Waals surface area contributed by atoms with Crippen LogP contribution in [0.5, 0.6) is 0 Å². The predicted molar refractivity (Wildman–Crippen MR) is 23.5 cm³/mol. The number of rotatable bonds is 2. The highest BCUT2D eigenvalue weighted by Crippen LogP contribution is 1.53. The summed E-state index contributed by atoms with van der Waals surface area (Å²) >= 11 is 0. The van der Waals surface area contributed by atoms with Crippen LogP contribution in [-0.2, 0) is 4.65 Å². The highest BCUT2D eigenvalue weighted by atomic mass is 16.5. The molecule has 0 atom stereocenters. The zero-order valence-corrected chi connectivity index (χ0v) is 3.46. The molecule has 0 unspecified atom stereocenters. The molecule has 3 nitrogen and oxygen atoms in total. The van der Waals surface area contributed by atoms with E-state index in [1.165, 1.54) is 0 Å². The molecule has 0 saturated carbocycles. The highest BCUT2D eigenvalue weighted by Gasteiger charge is 1.73. The molecule has 0 bridgehead atoms. The van der Waals surface area contributed by atoms with E-state index in [0.717, 1.165) is 6.40 Å². The first-order valence-electron chi connectivity index (χ1n) is 1.44. The second-order valence-corrected chi connectivity index (χ2v) is 0.605. The van der Waals surface area contributed by atoms with E-state index in [-0.39, 0.29) is 0 Å². The summed E-state index contributed by atoms with van der Waals surface area (Å²) in [4.78, 5) is 3.39. The molecule has 0 aliphatic carbocycles. The maximum Gasteiger partial charge on any atom is 0.570 e. The minimum absolute atomic E-state index is 0.562. The van der Waals surface area contributed by atoms with Gasteiger partial charge in [-0.1, -0.05) is 0 Å². The summed E-state index contributed by atoms with van der Waals surface area (Å²) in [6.07, 6.45) is 1.12. The van der Waals surface area contributed by atoms with Gasteiger partial charge in [-0.15, -0.1) is 0 Å². The Hall–Kier alpha value is -0.505. The molecule has 0 aliphatic heterocycles. The van der Waals surface area contributed by atoms with Crippen molar-refractivity contribution in [2.24, 2.45) is 4.99 Å². The minimum atomic E-state index is 0.562. The third kappa shape index (κ3) is 3.49. The van der Waals surface area contributed by atoms with E-state index < -0.39 is 0 Å². The summed E-state index contributed by atoms with van der Waals surface area (Å²) in [5, 5.41) is 7.76. The minimum Gasteiger partial charge on any atom is -0.529 e. The van der Waals surface area contributed by atoms with Crippen LogP contribution in [0.25, 0.3) is 0 Å². The van der Waals surface area contributed by atoms with Crippen LogP contribution in [0.3, 0.4) is 0 Å². The van der Waals surface area contributed by atoms with E-state index in [0.29, 0.717) is 7.69 Å². The molecule has 1 radical (unpaired) electrons. The monoisotopic (exact) mass is 86.0 g/mol. The lowest BCUT2D eigenvalue weighted by molar-refractivity contribution is 0.459. The molecule has 4 heteroatoms. The van der Waals surface area contributed by atoms with E-state index in [2.05, 4.69) is 9.65 Å². The quantitative estimate of drug-likeness (QED) is 0.271. The highest BCUT2D eigenvalue weighted by molar-refractivity contribution is 6.18. The topological polar surface area (TPSA) is 41.8 Å². The Bertz CT molecular complexity index is 46.8. The summed E-state index contributed by atoms with van der Waals surface area (Å²) in [7, 11) is 2.11. The van der Waals surface area contributed by atoms with Crippen LogP contribution < -0.4 is 0 Å². The van der Waals surface area contributed by atoms with Gasteiger partial charge < -0.3 is 9.68 Å². The molecule has 0 spiro atoms. The molecule has 0 aromatic carbocycles. The van der Waals surface area contributed by atoms with Gasteiger partial charge in [-0.25, -0.2) is 0 Å². The fourth-order valence-electron chi connectivity index (χ4n) is 0.0881. The molecule has 0 fully saturated rings. The van der Waals surface area contributed by atoms with Crippen molar-refractivity contribution >= 4 is 14.1 Å². The second-order valence-electron chi connectivity index (χ2n) is 0.605. The van der Waals surface area contributed by atoms with Crippen molar-refractivity contribution in [3.05, 3.63) is 0 Å². The fourth-order valence-corrected chi connectivity index (χ4v) is 0.0881. The van der Waals surface area contributed by atoms with Crippen LogP contribution in [0, 0.1) is 0 Å². The van der Waals surface area contributed by atoms with Gasteiger partial charge in [0.05, 0.1) is 0 Å². The SMILES string of the molecule is CN=CO[B]O. The largest absolute Gasteiger partial charge is 0.570 e. The molecule has 0 aliphatic rings. The van der Waals surface area contributed by atoms with Gasteiger partial charge in [0.25, 0.3) is 0 Å². The van der Waals surface area contributed by atoms with E-state index in [1.54, 1.807) is 7.05 Å². The maximum atomic E-state index is 7.76. The van der Waals surface area contributed by atoms with E-state index in [4.69, 9.17) is 5.02 Å². The van der Waals surface area contributed by atoms with Crippen molar-refractivity contribution in [3.63, 3.8) is 0 Å². The standard InChI is InChI=1S/C2H5BNO2/c1-4-2-6-3-5/h2,5H,1H3. The van der Waals surface area contributed by atoms with Gasteiger partial charge in [0.15, 0.2) is 6.40 Å². The maximum absolute atomic E-state index is 7.76. The summed E-state index contributed by atoms with van der Waals surface area (Å²) in [6.45, 7) is 0. The van der Waals surface area contributed by atoms with Gasteiger partial charge in [-0.3, -0.25) is 4.99 Å². The first-order chi connectivity index (χ1) is 2.91. The second kappa shape index (κ2) is 4.49. The van der Waals surface area contributed by atoms with Crippen molar-refractivity contribution < 1.29 is 9.68 Å². The van der Waals surface area contributed by atoms with Gasteiger partial charge >= 0.3 is 7.69 Å².